The Morgan fingerprint density at radius 3 is 2.88 bits per heavy atom. The third-order valence-corrected chi connectivity index (χ3v) is 2.01. The summed E-state index contributed by atoms with van der Waals surface area (Å²) in [7, 11) is 0. The van der Waals surface area contributed by atoms with E-state index >= 15 is 0 Å². The van der Waals surface area contributed by atoms with E-state index in [9.17, 15) is 9.50 Å². The molecule has 0 saturated heterocycles. The fraction of sp³-hybridized carbons (Fsp3) is 0.600. The monoisotopic (exact) mass is 228 g/mol. The highest BCUT2D eigenvalue weighted by Gasteiger charge is 2.09. The molecule has 0 aliphatic heterocycles. The summed E-state index contributed by atoms with van der Waals surface area (Å²) in [5.41, 5.74) is 5.32. The molecule has 16 heavy (non-hydrogen) atoms. The Balaban J connectivity index is 2.51. The first-order valence-electron chi connectivity index (χ1n) is 5.19. The van der Waals surface area contributed by atoms with Crippen molar-refractivity contribution in [3.63, 3.8) is 0 Å². The Bertz CT molecular complexity index is 346. The molecular formula is C10H17FN4O. The molecule has 0 bridgehead atoms. The van der Waals surface area contributed by atoms with Gasteiger partial charge in [0, 0.05) is 6.54 Å². The lowest BCUT2D eigenvalue weighted by atomic mass is 10.1. The molecule has 6 heteroatoms. The molecule has 0 aromatic carbocycles. The van der Waals surface area contributed by atoms with Crippen LogP contribution in [-0.4, -0.2) is 27.7 Å². The van der Waals surface area contributed by atoms with Crippen LogP contribution in [0.5, 0.6) is 0 Å². The van der Waals surface area contributed by atoms with Gasteiger partial charge >= 0.3 is 0 Å². The van der Waals surface area contributed by atoms with E-state index in [2.05, 4.69) is 15.3 Å². The first-order chi connectivity index (χ1) is 7.49. The number of nitrogens with zero attached hydrogens (tertiary/aromatic N) is 2. The first kappa shape index (κ1) is 12.6. The summed E-state index contributed by atoms with van der Waals surface area (Å²) in [5.74, 6) is -0.166. The normalized spacial score (nSPS) is 12.8. The largest absolute Gasteiger partial charge is 0.391 e. The van der Waals surface area contributed by atoms with E-state index in [1.165, 1.54) is 0 Å². The zero-order valence-corrected chi connectivity index (χ0v) is 9.44. The number of halogens is 1. The van der Waals surface area contributed by atoms with Crippen molar-refractivity contribution in [2.24, 2.45) is 5.92 Å². The van der Waals surface area contributed by atoms with Crippen LogP contribution in [0.15, 0.2) is 6.20 Å². The zero-order valence-electron chi connectivity index (χ0n) is 9.44. The quantitative estimate of drug-likeness (QED) is 0.700. The second-order valence-electron chi connectivity index (χ2n) is 4.09. The predicted octanol–water partition coefficient (Wildman–Crippen LogP) is 1.02. The molecule has 5 nitrogen and oxygen atoms in total. The summed E-state index contributed by atoms with van der Waals surface area (Å²) in [6.45, 7) is 4.25. The number of anilines is 2. The highest BCUT2D eigenvalue weighted by molar-refractivity contribution is 5.39. The Hall–Kier alpha value is -1.43. The van der Waals surface area contributed by atoms with Crippen molar-refractivity contribution >= 4 is 11.8 Å². The molecule has 1 heterocycles. The number of hydrogen-bond acceptors (Lipinski definition) is 5. The van der Waals surface area contributed by atoms with Gasteiger partial charge in [0.25, 0.3) is 0 Å². The van der Waals surface area contributed by atoms with E-state index in [-0.39, 0.29) is 18.3 Å². The summed E-state index contributed by atoms with van der Waals surface area (Å²) in [4.78, 5) is 7.20. The molecule has 1 aromatic heterocycles. The van der Waals surface area contributed by atoms with Crippen LogP contribution in [0.3, 0.4) is 0 Å². The average Bonchev–Trinajstić information content (AvgIpc) is 2.18. The Morgan fingerprint density at radius 2 is 2.25 bits per heavy atom. The summed E-state index contributed by atoms with van der Waals surface area (Å²) in [6.07, 6.45) is 1.12. The van der Waals surface area contributed by atoms with E-state index < -0.39 is 11.9 Å². The van der Waals surface area contributed by atoms with E-state index in [4.69, 9.17) is 5.73 Å². The first-order valence-corrected chi connectivity index (χ1v) is 5.19. The van der Waals surface area contributed by atoms with Crippen LogP contribution in [0, 0.1) is 11.7 Å². The number of nitrogen functional groups attached to an aromatic ring is 1. The van der Waals surface area contributed by atoms with Gasteiger partial charge in [0.1, 0.15) is 0 Å². The molecule has 0 spiro atoms. The molecule has 4 N–H and O–H groups in total. The summed E-state index contributed by atoms with van der Waals surface area (Å²) in [6, 6.07) is 0. The van der Waals surface area contributed by atoms with Crippen molar-refractivity contribution in [3.8, 4) is 0 Å². The van der Waals surface area contributed by atoms with E-state index in [0.717, 1.165) is 6.20 Å². The molecule has 0 saturated carbocycles. The number of aliphatic hydroxyl groups excluding tert-OH is 1. The molecule has 1 unspecified atom stereocenters. The van der Waals surface area contributed by atoms with E-state index in [0.29, 0.717) is 12.3 Å². The predicted molar refractivity (Wildman–Crippen MR) is 60.4 cm³/mol. The Kier molecular flexibility index (Phi) is 4.42. The van der Waals surface area contributed by atoms with Gasteiger partial charge in [-0.25, -0.2) is 9.37 Å². The number of aromatic nitrogens is 2. The van der Waals surface area contributed by atoms with Crippen molar-refractivity contribution in [1.82, 2.24) is 9.97 Å². The minimum absolute atomic E-state index is 0.00208. The molecule has 1 atom stereocenters. The number of aliphatic hydroxyl groups is 1. The van der Waals surface area contributed by atoms with Crippen LogP contribution in [-0.2, 0) is 0 Å². The van der Waals surface area contributed by atoms with E-state index in [1.807, 2.05) is 13.8 Å². The van der Waals surface area contributed by atoms with Crippen LogP contribution >= 0.6 is 0 Å². The lowest BCUT2D eigenvalue weighted by Gasteiger charge is -2.14. The highest BCUT2D eigenvalue weighted by atomic mass is 19.1. The van der Waals surface area contributed by atoms with Crippen molar-refractivity contribution < 1.29 is 9.50 Å². The summed E-state index contributed by atoms with van der Waals surface area (Å²) >= 11 is 0. The van der Waals surface area contributed by atoms with Crippen molar-refractivity contribution in [1.29, 1.82) is 0 Å². The van der Waals surface area contributed by atoms with Crippen molar-refractivity contribution in [2.75, 3.05) is 17.6 Å². The molecule has 0 aliphatic rings. The maximum Gasteiger partial charge on any atom is 0.222 e. The molecule has 0 fully saturated rings. The topological polar surface area (TPSA) is 84.1 Å². The number of hydrogen-bond donors (Lipinski definition) is 3. The van der Waals surface area contributed by atoms with Gasteiger partial charge < -0.3 is 16.2 Å². The highest BCUT2D eigenvalue weighted by Crippen LogP contribution is 2.11. The summed E-state index contributed by atoms with van der Waals surface area (Å²) < 4.78 is 13.2. The summed E-state index contributed by atoms with van der Waals surface area (Å²) in [5, 5.41) is 12.3. The smallest absolute Gasteiger partial charge is 0.222 e. The third kappa shape index (κ3) is 3.98. The lowest BCUT2D eigenvalue weighted by Crippen LogP contribution is -2.22. The minimum Gasteiger partial charge on any atom is -0.391 e. The van der Waals surface area contributed by atoms with Crippen molar-refractivity contribution in [3.05, 3.63) is 12.0 Å². The maximum absolute atomic E-state index is 13.2. The Morgan fingerprint density at radius 1 is 1.56 bits per heavy atom. The average molecular weight is 228 g/mol. The molecule has 1 rings (SSSR count). The second kappa shape index (κ2) is 5.60. The van der Waals surface area contributed by atoms with Gasteiger partial charge in [-0.1, -0.05) is 13.8 Å². The lowest BCUT2D eigenvalue weighted by molar-refractivity contribution is 0.161. The number of nitrogens with one attached hydrogen (secondary N) is 1. The van der Waals surface area contributed by atoms with Gasteiger partial charge in [-0.2, -0.15) is 4.98 Å². The van der Waals surface area contributed by atoms with Crippen LogP contribution < -0.4 is 11.1 Å². The molecule has 0 radical (unpaired) electrons. The molecule has 0 aliphatic carbocycles. The maximum atomic E-state index is 13.2. The van der Waals surface area contributed by atoms with Gasteiger partial charge in [0.05, 0.1) is 12.3 Å². The fourth-order valence-corrected chi connectivity index (χ4v) is 1.35. The zero-order chi connectivity index (χ0) is 12.1. The van der Waals surface area contributed by atoms with Crippen LogP contribution in [0.1, 0.15) is 20.3 Å². The number of nitrogens with two attached hydrogens (primary N) is 1. The van der Waals surface area contributed by atoms with Gasteiger partial charge in [-0.05, 0) is 12.3 Å². The fourth-order valence-electron chi connectivity index (χ4n) is 1.35. The van der Waals surface area contributed by atoms with Crippen LogP contribution in [0.25, 0.3) is 0 Å². The molecule has 0 amide bonds. The molecular weight excluding hydrogens is 211 g/mol. The Labute approximate surface area is 93.9 Å². The third-order valence-electron chi connectivity index (χ3n) is 2.01. The van der Waals surface area contributed by atoms with Gasteiger partial charge in [-0.15, -0.1) is 0 Å². The van der Waals surface area contributed by atoms with Gasteiger partial charge in [0.2, 0.25) is 5.95 Å². The van der Waals surface area contributed by atoms with Crippen molar-refractivity contribution in [2.45, 2.75) is 26.4 Å². The number of rotatable bonds is 5. The molecule has 90 valence electrons. The second-order valence-corrected chi connectivity index (χ2v) is 4.09. The van der Waals surface area contributed by atoms with Crippen LogP contribution in [0.2, 0.25) is 0 Å². The van der Waals surface area contributed by atoms with Gasteiger partial charge in [0.15, 0.2) is 11.6 Å². The standard InChI is InChI=1S/C10H17FN4O/c1-6(2)3-7(16)4-13-9-8(11)5-14-10(12)15-9/h5-7,16H,3-4H2,1-2H3,(H3,12,13,14,15). The van der Waals surface area contributed by atoms with E-state index in [1.54, 1.807) is 0 Å². The minimum atomic E-state index is -0.578. The van der Waals surface area contributed by atoms with Crippen LogP contribution in [0.4, 0.5) is 16.2 Å². The molecule has 1 aromatic rings. The van der Waals surface area contributed by atoms with Gasteiger partial charge in [-0.3, -0.25) is 0 Å². The SMILES string of the molecule is CC(C)CC(O)CNc1nc(N)ncc1F.